The zero-order valence-electron chi connectivity index (χ0n) is 13.6. The lowest BCUT2D eigenvalue weighted by molar-refractivity contribution is 0.970. The van der Waals surface area contributed by atoms with Gasteiger partial charge in [0.2, 0.25) is 5.95 Å². The van der Waals surface area contributed by atoms with Gasteiger partial charge in [-0.2, -0.15) is 10.1 Å². The smallest absolute Gasteiger partial charge is 0.222 e. The maximum Gasteiger partial charge on any atom is 0.222 e. The van der Waals surface area contributed by atoms with E-state index in [1.807, 2.05) is 26.2 Å². The molecular formula is C16H21N7. The molecule has 7 heteroatoms. The first-order chi connectivity index (χ1) is 11.1. The predicted octanol–water partition coefficient (Wildman–Crippen LogP) is 2.49. The lowest BCUT2D eigenvalue weighted by Crippen LogP contribution is -2.12. The van der Waals surface area contributed by atoms with Crippen LogP contribution in [-0.2, 0) is 0 Å². The Morgan fingerprint density at radius 1 is 1.26 bits per heavy atom. The Bertz CT molecular complexity index is 809. The highest BCUT2D eigenvalue weighted by molar-refractivity contribution is 6.03. The molecule has 0 atom stereocenters. The summed E-state index contributed by atoms with van der Waals surface area (Å²) >= 11 is 0. The molecule has 0 aliphatic carbocycles. The maximum atomic E-state index is 5.90. The van der Waals surface area contributed by atoms with Crippen LogP contribution in [0.3, 0.4) is 0 Å². The lowest BCUT2D eigenvalue weighted by atomic mass is 10.1. The van der Waals surface area contributed by atoms with Crippen LogP contribution in [-0.4, -0.2) is 40.8 Å². The Balaban J connectivity index is 2.27. The first kappa shape index (κ1) is 15.1. The van der Waals surface area contributed by atoms with Crippen LogP contribution in [0, 0.1) is 0 Å². The van der Waals surface area contributed by atoms with Gasteiger partial charge in [0.25, 0.3) is 0 Å². The van der Waals surface area contributed by atoms with Crippen molar-refractivity contribution in [3.05, 3.63) is 24.4 Å². The minimum absolute atomic E-state index is 0.266. The Morgan fingerprint density at radius 3 is 2.74 bits per heavy atom. The highest BCUT2D eigenvalue weighted by Gasteiger charge is 2.15. The van der Waals surface area contributed by atoms with Crippen molar-refractivity contribution in [1.29, 1.82) is 0 Å². The summed E-state index contributed by atoms with van der Waals surface area (Å²) in [5.41, 5.74) is 9.69. The van der Waals surface area contributed by atoms with Crippen molar-refractivity contribution in [2.24, 2.45) is 0 Å². The Labute approximate surface area is 134 Å². The summed E-state index contributed by atoms with van der Waals surface area (Å²) in [6, 6.07) is 6.04. The summed E-state index contributed by atoms with van der Waals surface area (Å²) in [6.07, 6.45) is 2.74. The first-order valence-corrected chi connectivity index (χ1v) is 7.62. The van der Waals surface area contributed by atoms with E-state index in [1.165, 1.54) is 0 Å². The van der Waals surface area contributed by atoms with Crippen molar-refractivity contribution in [3.8, 4) is 11.3 Å². The van der Waals surface area contributed by atoms with Crippen molar-refractivity contribution in [2.75, 3.05) is 36.6 Å². The fourth-order valence-corrected chi connectivity index (χ4v) is 2.56. The summed E-state index contributed by atoms with van der Waals surface area (Å²) in [4.78, 5) is 10.9. The minimum atomic E-state index is 0.266. The summed E-state index contributed by atoms with van der Waals surface area (Å²) in [5.74, 6) is 1.04. The van der Waals surface area contributed by atoms with Crippen LogP contribution in [0.2, 0.25) is 0 Å². The highest BCUT2D eigenvalue weighted by atomic mass is 15.1. The average molecular weight is 311 g/mol. The molecule has 0 aliphatic heterocycles. The van der Waals surface area contributed by atoms with Crippen molar-refractivity contribution < 1.29 is 0 Å². The fourth-order valence-electron chi connectivity index (χ4n) is 2.56. The van der Waals surface area contributed by atoms with Gasteiger partial charge in [0.15, 0.2) is 0 Å². The summed E-state index contributed by atoms with van der Waals surface area (Å²) < 4.78 is 0. The van der Waals surface area contributed by atoms with Crippen LogP contribution in [0.1, 0.15) is 13.3 Å². The number of aromatic nitrogens is 4. The van der Waals surface area contributed by atoms with Crippen LogP contribution >= 0.6 is 0 Å². The normalized spacial score (nSPS) is 10.9. The Kier molecular flexibility index (Phi) is 4.01. The number of hydrogen-bond acceptors (Lipinski definition) is 6. The predicted molar refractivity (Wildman–Crippen MR) is 94.6 cm³/mol. The van der Waals surface area contributed by atoms with Crippen molar-refractivity contribution in [1.82, 2.24) is 20.2 Å². The Morgan fingerprint density at radius 2 is 2.09 bits per heavy atom. The number of nitrogens with one attached hydrogen (secondary N) is 2. The third-order valence-electron chi connectivity index (χ3n) is 3.63. The monoisotopic (exact) mass is 311 g/mol. The number of rotatable bonds is 5. The van der Waals surface area contributed by atoms with Crippen molar-refractivity contribution >= 4 is 28.4 Å². The van der Waals surface area contributed by atoms with E-state index in [1.54, 1.807) is 6.20 Å². The molecule has 0 saturated carbocycles. The van der Waals surface area contributed by atoms with Gasteiger partial charge in [-0.3, -0.25) is 5.10 Å². The Hall–Kier alpha value is -2.83. The zero-order chi connectivity index (χ0) is 16.4. The molecule has 0 fully saturated rings. The van der Waals surface area contributed by atoms with Gasteiger partial charge in [0.05, 0.1) is 22.3 Å². The minimum Gasteiger partial charge on any atom is -0.377 e. The molecule has 2 aromatic heterocycles. The number of nitrogen functional groups attached to an aromatic ring is 1. The third kappa shape index (κ3) is 2.90. The highest BCUT2D eigenvalue weighted by Crippen LogP contribution is 2.35. The summed E-state index contributed by atoms with van der Waals surface area (Å²) in [7, 11) is 4.01. The summed E-state index contributed by atoms with van der Waals surface area (Å²) in [5, 5.41) is 11.3. The van der Waals surface area contributed by atoms with Gasteiger partial charge in [0, 0.05) is 32.4 Å². The van der Waals surface area contributed by atoms with E-state index in [0.717, 1.165) is 46.6 Å². The number of fused-ring (bicyclic) bond motifs is 1. The molecule has 0 bridgehead atoms. The van der Waals surface area contributed by atoms with E-state index in [2.05, 4.69) is 43.4 Å². The molecule has 3 rings (SSSR count). The molecule has 0 radical (unpaired) electrons. The number of aromatic amines is 1. The van der Waals surface area contributed by atoms with E-state index < -0.39 is 0 Å². The maximum absolute atomic E-state index is 5.90. The molecule has 120 valence electrons. The van der Waals surface area contributed by atoms with E-state index in [-0.39, 0.29) is 5.95 Å². The number of benzene rings is 1. The van der Waals surface area contributed by atoms with E-state index in [4.69, 9.17) is 5.73 Å². The zero-order valence-corrected chi connectivity index (χ0v) is 13.6. The van der Waals surface area contributed by atoms with Gasteiger partial charge in [-0.1, -0.05) is 6.92 Å². The SMILES string of the molecule is CCCNc1nc(N)nc2cc(-c3ccn[nH]3)cc(N(C)C)c12. The number of H-pyrrole nitrogens is 1. The largest absolute Gasteiger partial charge is 0.377 e. The van der Waals surface area contributed by atoms with Crippen LogP contribution in [0.25, 0.3) is 22.2 Å². The molecule has 7 nitrogen and oxygen atoms in total. The number of nitrogens with zero attached hydrogens (tertiary/aromatic N) is 4. The number of hydrogen-bond donors (Lipinski definition) is 3. The molecule has 0 spiro atoms. The van der Waals surface area contributed by atoms with Gasteiger partial charge >= 0.3 is 0 Å². The molecular weight excluding hydrogens is 290 g/mol. The van der Waals surface area contributed by atoms with E-state index >= 15 is 0 Å². The van der Waals surface area contributed by atoms with Crippen molar-refractivity contribution in [3.63, 3.8) is 0 Å². The quantitative estimate of drug-likeness (QED) is 0.670. The fraction of sp³-hybridized carbons (Fsp3) is 0.312. The second-order valence-electron chi connectivity index (χ2n) is 5.61. The summed E-state index contributed by atoms with van der Waals surface area (Å²) in [6.45, 7) is 2.95. The molecule has 0 unspecified atom stereocenters. The molecule has 0 amide bonds. The van der Waals surface area contributed by atoms with Crippen LogP contribution < -0.4 is 16.0 Å². The van der Waals surface area contributed by atoms with E-state index in [9.17, 15) is 0 Å². The van der Waals surface area contributed by atoms with Crippen molar-refractivity contribution in [2.45, 2.75) is 13.3 Å². The standard InChI is InChI=1S/C16H21N7/c1-4-6-18-15-14-12(20-16(17)21-15)8-10(9-13(14)23(2)3)11-5-7-19-22-11/h5,7-9H,4,6H2,1-3H3,(H,19,22)(H3,17,18,20,21). The molecule has 4 N–H and O–H groups in total. The molecule has 3 aromatic rings. The van der Waals surface area contributed by atoms with Gasteiger partial charge in [-0.25, -0.2) is 4.98 Å². The third-order valence-corrected chi connectivity index (χ3v) is 3.63. The number of anilines is 3. The molecule has 1 aromatic carbocycles. The van der Waals surface area contributed by atoms with E-state index in [0.29, 0.717) is 0 Å². The van der Waals surface area contributed by atoms with Crippen LogP contribution in [0.5, 0.6) is 0 Å². The molecule has 0 aliphatic rings. The van der Waals surface area contributed by atoms with Gasteiger partial charge in [-0.15, -0.1) is 0 Å². The first-order valence-electron chi connectivity index (χ1n) is 7.62. The van der Waals surface area contributed by atoms with Crippen LogP contribution in [0.15, 0.2) is 24.4 Å². The molecule has 2 heterocycles. The lowest BCUT2D eigenvalue weighted by Gasteiger charge is -2.19. The van der Waals surface area contributed by atoms with Crippen LogP contribution in [0.4, 0.5) is 17.5 Å². The van der Waals surface area contributed by atoms with Gasteiger partial charge in [-0.05, 0) is 24.6 Å². The topological polar surface area (TPSA) is 95.7 Å². The molecule has 0 saturated heterocycles. The average Bonchev–Trinajstić information content (AvgIpc) is 3.05. The van der Waals surface area contributed by atoms with Gasteiger partial charge < -0.3 is 16.0 Å². The second kappa shape index (κ2) is 6.12. The number of nitrogens with two attached hydrogens (primary N) is 1. The van der Waals surface area contributed by atoms with Gasteiger partial charge in [0.1, 0.15) is 5.82 Å². The molecule has 23 heavy (non-hydrogen) atoms. The second-order valence-corrected chi connectivity index (χ2v) is 5.61.